The molecule has 4 heteroatoms. The highest BCUT2D eigenvalue weighted by Gasteiger charge is 2.22. The van der Waals surface area contributed by atoms with Crippen molar-refractivity contribution in [2.75, 3.05) is 7.11 Å². The van der Waals surface area contributed by atoms with E-state index >= 15 is 0 Å². The zero-order valence-corrected chi connectivity index (χ0v) is 11.2. The van der Waals surface area contributed by atoms with Gasteiger partial charge in [0.05, 0.1) is 17.7 Å². The smallest absolute Gasteiger partial charge is 0.273 e. The Balaban J connectivity index is 1.88. The molecule has 1 aromatic carbocycles. The maximum atomic E-state index is 5.26. The van der Waals surface area contributed by atoms with Gasteiger partial charge in [0.1, 0.15) is 0 Å². The second-order valence-electron chi connectivity index (χ2n) is 4.48. The number of thiazole rings is 1. The lowest BCUT2D eigenvalue weighted by atomic mass is 10.1. The Hall–Kier alpha value is -1.39. The average molecular weight is 260 g/mol. The summed E-state index contributed by atoms with van der Waals surface area (Å²) in [4.78, 5) is 5.81. The summed E-state index contributed by atoms with van der Waals surface area (Å²) in [5, 5.41) is 4.27. The van der Waals surface area contributed by atoms with E-state index < -0.39 is 0 Å². The largest absolute Gasteiger partial charge is 0.473 e. The molecular weight excluding hydrogens is 244 g/mol. The number of methoxy groups -OCH3 is 1. The summed E-state index contributed by atoms with van der Waals surface area (Å²) < 4.78 is 5.26. The molecule has 3 nitrogen and oxygen atoms in total. The predicted molar refractivity (Wildman–Crippen MR) is 74.0 cm³/mol. The zero-order valence-electron chi connectivity index (χ0n) is 10.3. The first-order valence-electron chi connectivity index (χ1n) is 6.19. The van der Waals surface area contributed by atoms with Crippen molar-refractivity contribution in [1.82, 2.24) is 10.3 Å². The quantitative estimate of drug-likeness (QED) is 0.897. The fourth-order valence-electron chi connectivity index (χ4n) is 1.88. The van der Waals surface area contributed by atoms with Crippen LogP contribution in [-0.2, 0) is 6.54 Å². The Morgan fingerprint density at radius 2 is 2.11 bits per heavy atom. The van der Waals surface area contributed by atoms with E-state index in [1.165, 1.54) is 17.7 Å². The molecular formula is C14H16N2OS. The third-order valence-electron chi connectivity index (χ3n) is 3.03. The van der Waals surface area contributed by atoms with Crippen molar-refractivity contribution in [2.45, 2.75) is 25.4 Å². The van der Waals surface area contributed by atoms with Crippen molar-refractivity contribution in [3.8, 4) is 16.5 Å². The van der Waals surface area contributed by atoms with Crippen LogP contribution in [0.15, 0.2) is 30.3 Å². The molecule has 1 aliphatic carbocycles. The second kappa shape index (κ2) is 5.08. The monoisotopic (exact) mass is 260 g/mol. The summed E-state index contributed by atoms with van der Waals surface area (Å²) in [6.45, 7) is 0.885. The molecule has 1 fully saturated rings. The van der Waals surface area contributed by atoms with Crippen LogP contribution in [0.3, 0.4) is 0 Å². The molecule has 0 amide bonds. The average Bonchev–Trinajstić information content (AvgIpc) is 3.16. The SMILES string of the molecule is COc1nc(-c2ccccc2)c(CNC2CC2)s1. The fourth-order valence-corrected chi connectivity index (χ4v) is 2.73. The van der Waals surface area contributed by atoms with Gasteiger partial charge in [-0.3, -0.25) is 0 Å². The Kier molecular flexibility index (Phi) is 3.30. The number of nitrogens with one attached hydrogen (secondary N) is 1. The number of aromatic nitrogens is 1. The fraction of sp³-hybridized carbons (Fsp3) is 0.357. The molecule has 1 aromatic heterocycles. The van der Waals surface area contributed by atoms with Crippen LogP contribution in [0.1, 0.15) is 17.7 Å². The summed E-state index contributed by atoms with van der Waals surface area (Å²) in [5.41, 5.74) is 2.20. The minimum atomic E-state index is 0.710. The van der Waals surface area contributed by atoms with Crippen molar-refractivity contribution < 1.29 is 4.74 Å². The molecule has 0 unspecified atom stereocenters. The zero-order chi connectivity index (χ0) is 12.4. The standard InChI is InChI=1S/C14H16N2OS/c1-17-14-16-13(10-5-3-2-4-6-10)12(18-14)9-15-11-7-8-11/h2-6,11,15H,7-9H2,1H3. The number of hydrogen-bond donors (Lipinski definition) is 1. The van der Waals surface area contributed by atoms with Gasteiger partial charge in [0, 0.05) is 18.2 Å². The highest BCUT2D eigenvalue weighted by molar-refractivity contribution is 7.13. The van der Waals surface area contributed by atoms with Crippen molar-refractivity contribution >= 4 is 11.3 Å². The van der Waals surface area contributed by atoms with Gasteiger partial charge in [-0.15, -0.1) is 0 Å². The normalized spacial score (nSPS) is 14.7. The van der Waals surface area contributed by atoms with Crippen LogP contribution < -0.4 is 10.1 Å². The molecule has 0 radical (unpaired) electrons. The van der Waals surface area contributed by atoms with Gasteiger partial charge < -0.3 is 10.1 Å². The highest BCUT2D eigenvalue weighted by atomic mass is 32.1. The molecule has 1 N–H and O–H groups in total. The van der Waals surface area contributed by atoms with E-state index in [4.69, 9.17) is 4.74 Å². The summed E-state index contributed by atoms with van der Waals surface area (Å²) >= 11 is 1.63. The molecule has 1 saturated carbocycles. The van der Waals surface area contributed by atoms with Gasteiger partial charge in [-0.05, 0) is 12.8 Å². The van der Waals surface area contributed by atoms with Gasteiger partial charge in [-0.25, -0.2) is 4.98 Å². The van der Waals surface area contributed by atoms with Gasteiger partial charge in [0.15, 0.2) is 0 Å². The van der Waals surface area contributed by atoms with Crippen LogP contribution in [0.25, 0.3) is 11.3 Å². The first-order chi connectivity index (χ1) is 8.86. The summed E-state index contributed by atoms with van der Waals surface area (Å²) in [6.07, 6.45) is 2.60. The Morgan fingerprint density at radius 1 is 1.33 bits per heavy atom. The van der Waals surface area contributed by atoms with E-state index in [0.29, 0.717) is 6.04 Å². The van der Waals surface area contributed by atoms with E-state index in [-0.39, 0.29) is 0 Å². The highest BCUT2D eigenvalue weighted by Crippen LogP contribution is 2.33. The maximum absolute atomic E-state index is 5.26. The number of hydrogen-bond acceptors (Lipinski definition) is 4. The molecule has 0 atom stereocenters. The van der Waals surface area contributed by atoms with Crippen LogP contribution in [0.4, 0.5) is 0 Å². The van der Waals surface area contributed by atoms with Gasteiger partial charge >= 0.3 is 0 Å². The van der Waals surface area contributed by atoms with Gasteiger partial charge in [0.25, 0.3) is 5.19 Å². The van der Waals surface area contributed by atoms with Crippen LogP contribution in [-0.4, -0.2) is 18.1 Å². The maximum Gasteiger partial charge on any atom is 0.273 e. The van der Waals surface area contributed by atoms with Crippen molar-refractivity contribution in [1.29, 1.82) is 0 Å². The molecule has 0 saturated heterocycles. The lowest BCUT2D eigenvalue weighted by molar-refractivity contribution is 0.412. The minimum absolute atomic E-state index is 0.710. The van der Waals surface area contributed by atoms with Crippen molar-refractivity contribution in [3.05, 3.63) is 35.2 Å². The van der Waals surface area contributed by atoms with Crippen molar-refractivity contribution in [3.63, 3.8) is 0 Å². The molecule has 3 rings (SSSR count). The molecule has 0 spiro atoms. The van der Waals surface area contributed by atoms with Gasteiger partial charge in [-0.1, -0.05) is 41.7 Å². The topological polar surface area (TPSA) is 34.1 Å². The van der Waals surface area contributed by atoms with E-state index in [1.54, 1.807) is 18.4 Å². The van der Waals surface area contributed by atoms with E-state index in [0.717, 1.165) is 23.0 Å². The molecule has 1 aliphatic rings. The van der Waals surface area contributed by atoms with Crippen LogP contribution in [0, 0.1) is 0 Å². The van der Waals surface area contributed by atoms with Crippen LogP contribution in [0.2, 0.25) is 0 Å². The minimum Gasteiger partial charge on any atom is -0.473 e. The number of benzene rings is 1. The van der Waals surface area contributed by atoms with Gasteiger partial charge in [-0.2, -0.15) is 0 Å². The Morgan fingerprint density at radius 3 is 2.78 bits per heavy atom. The lowest BCUT2D eigenvalue weighted by Gasteiger charge is -2.03. The third kappa shape index (κ3) is 2.54. The molecule has 0 bridgehead atoms. The lowest BCUT2D eigenvalue weighted by Crippen LogP contribution is -2.14. The summed E-state index contributed by atoms with van der Waals surface area (Å²) in [7, 11) is 1.67. The second-order valence-corrected chi connectivity index (χ2v) is 5.52. The van der Waals surface area contributed by atoms with E-state index in [9.17, 15) is 0 Å². The number of ether oxygens (including phenoxy) is 1. The Labute approximate surface area is 111 Å². The van der Waals surface area contributed by atoms with E-state index in [2.05, 4.69) is 22.4 Å². The van der Waals surface area contributed by atoms with Crippen LogP contribution >= 0.6 is 11.3 Å². The predicted octanol–water partition coefficient (Wildman–Crippen LogP) is 3.07. The van der Waals surface area contributed by atoms with Crippen molar-refractivity contribution in [2.24, 2.45) is 0 Å². The first kappa shape index (κ1) is 11.7. The summed E-state index contributed by atoms with van der Waals surface area (Å²) in [6, 6.07) is 11.0. The Bertz CT molecular complexity index is 520. The molecule has 1 heterocycles. The number of nitrogens with zero attached hydrogens (tertiary/aromatic N) is 1. The molecule has 0 aliphatic heterocycles. The summed E-state index contributed by atoms with van der Waals surface area (Å²) in [5.74, 6) is 0. The molecule has 2 aromatic rings. The molecule has 94 valence electrons. The van der Waals surface area contributed by atoms with E-state index in [1.807, 2.05) is 18.2 Å². The first-order valence-corrected chi connectivity index (χ1v) is 7.01. The van der Waals surface area contributed by atoms with Crippen LogP contribution in [0.5, 0.6) is 5.19 Å². The number of rotatable bonds is 5. The molecule has 18 heavy (non-hydrogen) atoms. The van der Waals surface area contributed by atoms with Gasteiger partial charge in [0.2, 0.25) is 0 Å². The third-order valence-corrected chi connectivity index (χ3v) is 4.04.